The van der Waals surface area contributed by atoms with Crippen LogP contribution in [0.25, 0.3) is 10.8 Å². The summed E-state index contributed by atoms with van der Waals surface area (Å²) in [6.07, 6.45) is -1.11. The summed E-state index contributed by atoms with van der Waals surface area (Å²) in [5.41, 5.74) is 1.27. The van der Waals surface area contributed by atoms with Crippen molar-refractivity contribution in [3.63, 3.8) is 0 Å². The Labute approximate surface area is 159 Å². The number of benzene rings is 1. The van der Waals surface area contributed by atoms with Crippen molar-refractivity contribution in [2.45, 2.75) is 33.8 Å². The molecule has 3 rings (SSSR count). The lowest BCUT2D eigenvalue weighted by molar-refractivity contribution is 0.0312. The maximum absolute atomic E-state index is 12.7. The van der Waals surface area contributed by atoms with Gasteiger partial charge in [0.2, 0.25) is 5.78 Å². The minimum Gasteiger partial charge on any atom is -0.449 e. The number of aromatic amines is 2. The van der Waals surface area contributed by atoms with Crippen LogP contribution in [0.4, 0.5) is 0 Å². The van der Waals surface area contributed by atoms with Gasteiger partial charge in [0.1, 0.15) is 0 Å². The number of esters is 1. The maximum atomic E-state index is 12.7. The molecular formula is C20H19N3O5. The highest BCUT2D eigenvalue weighted by molar-refractivity contribution is 6.07. The molecule has 1 aromatic carbocycles. The fraction of sp³-hybridized carbons (Fsp3) is 0.250. The molecule has 3 aromatic rings. The van der Waals surface area contributed by atoms with Crippen molar-refractivity contribution in [3.05, 3.63) is 62.8 Å². The molecule has 2 heterocycles. The summed E-state index contributed by atoms with van der Waals surface area (Å²) >= 11 is 0. The zero-order valence-electron chi connectivity index (χ0n) is 15.9. The molecule has 0 saturated carbocycles. The van der Waals surface area contributed by atoms with E-state index in [1.807, 2.05) is 0 Å². The van der Waals surface area contributed by atoms with Gasteiger partial charge in [0.05, 0.1) is 11.1 Å². The minimum atomic E-state index is -1.11. The van der Waals surface area contributed by atoms with Crippen LogP contribution in [0.3, 0.4) is 0 Å². The quantitative estimate of drug-likeness (QED) is 0.517. The molecule has 0 saturated heterocycles. The topological polar surface area (TPSA) is 122 Å². The number of nitrogens with zero attached hydrogens (tertiary/aromatic N) is 1. The first-order chi connectivity index (χ1) is 13.2. The number of nitrogens with one attached hydrogen (secondary N) is 2. The van der Waals surface area contributed by atoms with Crippen molar-refractivity contribution in [3.8, 4) is 0 Å². The van der Waals surface area contributed by atoms with Crippen LogP contribution in [0.15, 0.2) is 29.1 Å². The molecule has 0 aliphatic rings. The summed E-state index contributed by atoms with van der Waals surface area (Å²) in [5, 5.41) is 6.66. The van der Waals surface area contributed by atoms with Gasteiger partial charge in [0, 0.05) is 16.6 Å². The lowest BCUT2D eigenvalue weighted by Gasteiger charge is -2.12. The second-order valence-corrected chi connectivity index (χ2v) is 6.54. The van der Waals surface area contributed by atoms with Crippen molar-refractivity contribution >= 4 is 28.3 Å². The fourth-order valence-corrected chi connectivity index (χ4v) is 3.27. The fourth-order valence-electron chi connectivity index (χ4n) is 3.27. The van der Waals surface area contributed by atoms with E-state index in [4.69, 9.17) is 4.74 Å². The van der Waals surface area contributed by atoms with E-state index in [0.717, 1.165) is 0 Å². The van der Waals surface area contributed by atoms with Gasteiger partial charge in [0.25, 0.3) is 5.56 Å². The van der Waals surface area contributed by atoms with E-state index in [0.29, 0.717) is 27.6 Å². The molecule has 0 aliphatic heterocycles. The molecule has 0 fully saturated rings. The highest BCUT2D eigenvalue weighted by Gasteiger charge is 2.27. The number of Topliss-reactive ketones (excluding diaryl/α,β-unsaturated/α-hetero) is 2. The molecule has 0 aliphatic carbocycles. The molecule has 8 nitrogen and oxygen atoms in total. The van der Waals surface area contributed by atoms with Crippen molar-refractivity contribution in [2.24, 2.45) is 0 Å². The van der Waals surface area contributed by atoms with Crippen molar-refractivity contribution in [2.75, 3.05) is 0 Å². The Balaban J connectivity index is 1.89. The number of rotatable bonds is 5. The number of ketones is 2. The first-order valence-electron chi connectivity index (χ1n) is 8.65. The Morgan fingerprint density at radius 2 is 1.75 bits per heavy atom. The molecule has 2 N–H and O–H groups in total. The van der Waals surface area contributed by atoms with Crippen molar-refractivity contribution in [1.29, 1.82) is 0 Å². The summed E-state index contributed by atoms with van der Waals surface area (Å²) in [6.45, 7) is 6.23. The molecule has 0 radical (unpaired) electrons. The number of hydrogen-bond acceptors (Lipinski definition) is 6. The number of H-pyrrole nitrogens is 2. The van der Waals surface area contributed by atoms with Crippen molar-refractivity contribution < 1.29 is 19.1 Å². The predicted octanol–water partition coefficient (Wildman–Crippen LogP) is 2.50. The Bertz CT molecular complexity index is 1170. The smallest absolute Gasteiger partial charge is 0.360 e. The van der Waals surface area contributed by atoms with Gasteiger partial charge in [-0.15, -0.1) is 0 Å². The average molecular weight is 381 g/mol. The van der Waals surface area contributed by atoms with Gasteiger partial charge in [-0.05, 0) is 39.3 Å². The van der Waals surface area contributed by atoms with Gasteiger partial charge in [-0.25, -0.2) is 9.89 Å². The zero-order valence-corrected chi connectivity index (χ0v) is 15.9. The third-order valence-corrected chi connectivity index (χ3v) is 4.58. The predicted molar refractivity (Wildman–Crippen MR) is 102 cm³/mol. The van der Waals surface area contributed by atoms with Crippen LogP contribution in [-0.2, 0) is 4.74 Å². The average Bonchev–Trinajstić information content (AvgIpc) is 2.95. The number of ether oxygens (including phenoxy) is 1. The lowest BCUT2D eigenvalue weighted by Crippen LogP contribution is -2.26. The molecule has 0 bridgehead atoms. The van der Waals surface area contributed by atoms with Crippen LogP contribution in [-0.4, -0.2) is 38.8 Å². The van der Waals surface area contributed by atoms with Gasteiger partial charge in [0.15, 0.2) is 17.6 Å². The molecule has 8 heteroatoms. The Kier molecular flexibility index (Phi) is 4.96. The van der Waals surface area contributed by atoms with E-state index < -0.39 is 23.4 Å². The molecule has 28 heavy (non-hydrogen) atoms. The molecular weight excluding hydrogens is 362 g/mol. The summed E-state index contributed by atoms with van der Waals surface area (Å²) in [5.74, 6) is -1.45. The molecule has 0 spiro atoms. The second-order valence-electron chi connectivity index (χ2n) is 6.54. The van der Waals surface area contributed by atoms with E-state index in [-0.39, 0.29) is 17.2 Å². The maximum Gasteiger partial charge on any atom is 0.360 e. The SMILES string of the molecule is CC(=O)c1c(C)[nH]c(C(=O)[C@@H](C)OC(=O)c2n[nH]c(=O)c3ccccc23)c1C. The van der Waals surface area contributed by atoms with Crippen LogP contribution >= 0.6 is 0 Å². The van der Waals surface area contributed by atoms with E-state index in [1.165, 1.54) is 13.8 Å². The van der Waals surface area contributed by atoms with Crippen LogP contribution < -0.4 is 5.56 Å². The Morgan fingerprint density at radius 3 is 2.36 bits per heavy atom. The summed E-state index contributed by atoms with van der Waals surface area (Å²) < 4.78 is 5.29. The van der Waals surface area contributed by atoms with Crippen LogP contribution in [0.1, 0.15) is 56.4 Å². The number of carbonyl (C=O) groups is 3. The van der Waals surface area contributed by atoms with E-state index in [1.54, 1.807) is 38.1 Å². The minimum absolute atomic E-state index is 0.0846. The molecule has 0 unspecified atom stereocenters. The first-order valence-corrected chi connectivity index (χ1v) is 8.65. The Hall–Kier alpha value is -3.55. The van der Waals surface area contributed by atoms with Gasteiger partial charge >= 0.3 is 5.97 Å². The largest absolute Gasteiger partial charge is 0.449 e. The zero-order chi connectivity index (χ0) is 20.6. The van der Waals surface area contributed by atoms with Crippen molar-refractivity contribution in [1.82, 2.24) is 15.2 Å². The summed E-state index contributed by atoms with van der Waals surface area (Å²) in [7, 11) is 0. The first kappa shape index (κ1) is 19.2. The highest BCUT2D eigenvalue weighted by atomic mass is 16.5. The van der Waals surface area contributed by atoms with E-state index in [9.17, 15) is 19.2 Å². The number of aromatic nitrogens is 3. The number of hydrogen-bond donors (Lipinski definition) is 2. The highest BCUT2D eigenvalue weighted by Crippen LogP contribution is 2.21. The lowest BCUT2D eigenvalue weighted by atomic mass is 10.0. The van der Waals surface area contributed by atoms with E-state index >= 15 is 0 Å². The second kappa shape index (κ2) is 7.22. The number of aryl methyl sites for hydroxylation is 1. The van der Waals surface area contributed by atoms with Crippen LogP contribution in [0.2, 0.25) is 0 Å². The van der Waals surface area contributed by atoms with Gasteiger partial charge < -0.3 is 9.72 Å². The molecule has 0 amide bonds. The third-order valence-electron chi connectivity index (χ3n) is 4.58. The third kappa shape index (κ3) is 3.24. The van der Waals surface area contributed by atoms with Gasteiger partial charge in [-0.3, -0.25) is 14.4 Å². The molecule has 1 atom stereocenters. The normalized spacial score (nSPS) is 12.0. The van der Waals surface area contributed by atoms with Crippen LogP contribution in [0.5, 0.6) is 0 Å². The van der Waals surface area contributed by atoms with Crippen LogP contribution in [0, 0.1) is 13.8 Å². The summed E-state index contributed by atoms with van der Waals surface area (Å²) in [6, 6.07) is 6.48. The molecule has 144 valence electrons. The monoisotopic (exact) mass is 381 g/mol. The van der Waals surface area contributed by atoms with E-state index in [2.05, 4.69) is 15.2 Å². The van der Waals surface area contributed by atoms with Gasteiger partial charge in [-0.1, -0.05) is 18.2 Å². The Morgan fingerprint density at radius 1 is 1.11 bits per heavy atom. The van der Waals surface area contributed by atoms with Gasteiger partial charge in [-0.2, -0.15) is 5.10 Å². The standard InChI is InChI=1S/C20H19N3O5/c1-9-15(11(3)24)10(2)21-16(9)18(25)12(4)28-20(27)17-13-7-5-6-8-14(13)19(26)23-22-17/h5-8,12,21H,1-4H3,(H,23,26)/t12-/m1/s1. The summed E-state index contributed by atoms with van der Waals surface area (Å²) in [4.78, 5) is 51.8. The molecule has 2 aromatic heterocycles. The number of carbonyl (C=O) groups excluding carboxylic acids is 3. The number of fused-ring (bicyclic) bond motifs is 1.